The zero-order valence-electron chi connectivity index (χ0n) is 16.6. The van der Waals surface area contributed by atoms with E-state index in [-0.39, 0.29) is 12.2 Å². The Morgan fingerprint density at radius 2 is 1.93 bits per heavy atom. The number of aliphatic hydroxyl groups is 1. The van der Waals surface area contributed by atoms with Crippen molar-refractivity contribution >= 4 is 17.0 Å². The number of fused-ring (bicyclic) bond motifs is 1. The van der Waals surface area contributed by atoms with Gasteiger partial charge in [-0.3, -0.25) is 0 Å². The van der Waals surface area contributed by atoms with Crippen LogP contribution in [-0.2, 0) is 6.42 Å². The molecule has 3 aromatic rings. The molecule has 0 saturated heterocycles. The van der Waals surface area contributed by atoms with E-state index in [1.54, 1.807) is 11.3 Å². The Hall–Kier alpha value is -2.44. The molecule has 28 heavy (non-hydrogen) atoms. The lowest BCUT2D eigenvalue weighted by Gasteiger charge is -2.20. The van der Waals surface area contributed by atoms with Gasteiger partial charge in [-0.1, -0.05) is 29.5 Å². The molecule has 0 fully saturated rings. The molecule has 1 aliphatic rings. The van der Waals surface area contributed by atoms with Crippen LogP contribution in [-0.4, -0.2) is 35.5 Å². The molecule has 0 radical (unpaired) electrons. The molecule has 0 saturated carbocycles. The van der Waals surface area contributed by atoms with E-state index in [0.717, 1.165) is 51.0 Å². The van der Waals surface area contributed by atoms with Crippen LogP contribution < -0.4 is 9.64 Å². The summed E-state index contributed by atoms with van der Waals surface area (Å²) in [6.07, 6.45) is 1.42. The van der Waals surface area contributed by atoms with Crippen molar-refractivity contribution in [3.63, 3.8) is 0 Å². The van der Waals surface area contributed by atoms with E-state index in [1.165, 1.54) is 5.56 Å². The second-order valence-electron chi connectivity index (χ2n) is 7.58. The van der Waals surface area contributed by atoms with Crippen LogP contribution in [0.15, 0.2) is 36.4 Å². The van der Waals surface area contributed by atoms with Crippen molar-refractivity contribution in [3.05, 3.63) is 47.5 Å². The molecule has 2 aromatic carbocycles. The number of anilines is 1. The number of aliphatic hydroxyl groups excluding tert-OH is 1. The highest BCUT2D eigenvalue weighted by Gasteiger charge is 2.24. The van der Waals surface area contributed by atoms with E-state index in [0.29, 0.717) is 0 Å². The molecule has 0 bridgehead atoms. The molecule has 1 aromatic heterocycles. The minimum Gasteiger partial charge on any atom is -0.489 e. The zero-order valence-corrected chi connectivity index (χ0v) is 17.5. The summed E-state index contributed by atoms with van der Waals surface area (Å²) < 4.78 is 5.93. The summed E-state index contributed by atoms with van der Waals surface area (Å²) in [7, 11) is 4.02. The average molecular weight is 396 g/mol. The van der Waals surface area contributed by atoms with Gasteiger partial charge >= 0.3 is 0 Å². The van der Waals surface area contributed by atoms with E-state index in [4.69, 9.17) is 4.74 Å². The van der Waals surface area contributed by atoms with Gasteiger partial charge in [0.1, 0.15) is 15.8 Å². The molecule has 5 nitrogen and oxygen atoms in total. The predicted molar refractivity (Wildman–Crippen MR) is 114 cm³/mol. The Morgan fingerprint density at radius 1 is 1.14 bits per heavy atom. The molecule has 1 aliphatic carbocycles. The number of nitrogens with zero attached hydrogens (tertiary/aromatic N) is 3. The lowest BCUT2D eigenvalue weighted by atomic mass is 10.0. The first-order chi connectivity index (χ1) is 13.4. The molecule has 0 spiro atoms. The van der Waals surface area contributed by atoms with Gasteiger partial charge in [-0.25, -0.2) is 0 Å². The number of hydrogen-bond acceptors (Lipinski definition) is 6. The van der Waals surface area contributed by atoms with Crippen LogP contribution in [0.4, 0.5) is 5.69 Å². The van der Waals surface area contributed by atoms with E-state index >= 15 is 0 Å². The monoisotopic (exact) mass is 395 g/mol. The Labute approximate surface area is 169 Å². The topological polar surface area (TPSA) is 58.5 Å². The van der Waals surface area contributed by atoms with E-state index in [9.17, 15) is 5.11 Å². The van der Waals surface area contributed by atoms with Crippen molar-refractivity contribution in [3.8, 4) is 26.9 Å². The maximum absolute atomic E-state index is 10.2. The van der Waals surface area contributed by atoms with Gasteiger partial charge in [-0.15, -0.1) is 10.2 Å². The summed E-state index contributed by atoms with van der Waals surface area (Å²) in [5.74, 6) is 0.864. The van der Waals surface area contributed by atoms with Gasteiger partial charge in [0.2, 0.25) is 0 Å². The highest BCUT2D eigenvalue weighted by atomic mass is 32.1. The van der Waals surface area contributed by atoms with Gasteiger partial charge in [0.15, 0.2) is 0 Å². The summed E-state index contributed by atoms with van der Waals surface area (Å²) >= 11 is 1.58. The normalized spacial score (nSPS) is 15.7. The van der Waals surface area contributed by atoms with Gasteiger partial charge in [-0.2, -0.15) is 0 Å². The molecule has 0 amide bonds. The summed E-state index contributed by atoms with van der Waals surface area (Å²) in [5, 5.41) is 20.8. The van der Waals surface area contributed by atoms with Crippen molar-refractivity contribution in [1.29, 1.82) is 0 Å². The smallest absolute Gasteiger partial charge is 0.148 e. The SMILES string of the molecule is CC(C)Oc1ccc(-c2nnc(-c3cccc4c3CCC4O)s2)cc1N(C)C. The molecular formula is C22H25N3O2S. The first-order valence-electron chi connectivity index (χ1n) is 9.56. The van der Waals surface area contributed by atoms with Crippen molar-refractivity contribution in [2.75, 3.05) is 19.0 Å². The fourth-order valence-corrected chi connectivity index (χ4v) is 4.53. The second kappa shape index (κ2) is 7.53. The fraction of sp³-hybridized carbons (Fsp3) is 0.364. The van der Waals surface area contributed by atoms with Crippen LogP contribution >= 0.6 is 11.3 Å². The first kappa shape index (κ1) is 18.9. The van der Waals surface area contributed by atoms with Crippen molar-refractivity contribution < 1.29 is 9.84 Å². The summed E-state index contributed by atoms with van der Waals surface area (Å²) in [4.78, 5) is 2.05. The zero-order chi connectivity index (χ0) is 19.8. The maximum atomic E-state index is 10.2. The van der Waals surface area contributed by atoms with Crippen LogP contribution in [0.5, 0.6) is 5.75 Å². The predicted octanol–water partition coefficient (Wildman–Crippen LogP) is 4.70. The lowest BCUT2D eigenvalue weighted by molar-refractivity contribution is 0.180. The molecular weight excluding hydrogens is 370 g/mol. The summed E-state index contributed by atoms with van der Waals surface area (Å²) in [6.45, 7) is 4.05. The minimum absolute atomic E-state index is 0.119. The average Bonchev–Trinajstić information content (AvgIpc) is 3.29. The van der Waals surface area contributed by atoms with Crippen molar-refractivity contribution in [1.82, 2.24) is 10.2 Å². The molecule has 146 valence electrons. The summed E-state index contributed by atoms with van der Waals surface area (Å²) in [6, 6.07) is 12.2. The van der Waals surface area contributed by atoms with Gasteiger partial charge in [0, 0.05) is 25.2 Å². The van der Waals surface area contributed by atoms with Gasteiger partial charge < -0.3 is 14.7 Å². The maximum Gasteiger partial charge on any atom is 0.148 e. The molecule has 1 atom stereocenters. The lowest BCUT2D eigenvalue weighted by Crippen LogP contribution is -2.13. The number of benzene rings is 2. The van der Waals surface area contributed by atoms with E-state index in [2.05, 4.69) is 27.2 Å². The number of ether oxygens (including phenoxy) is 1. The van der Waals surface area contributed by atoms with Gasteiger partial charge in [0.05, 0.1) is 17.9 Å². The van der Waals surface area contributed by atoms with Crippen LogP contribution in [0.25, 0.3) is 21.1 Å². The third-order valence-corrected chi connectivity index (χ3v) is 5.95. The Kier molecular flexibility index (Phi) is 5.08. The highest BCUT2D eigenvalue weighted by molar-refractivity contribution is 7.17. The first-order valence-corrected chi connectivity index (χ1v) is 10.4. The molecule has 6 heteroatoms. The summed E-state index contributed by atoms with van der Waals surface area (Å²) in [5.41, 5.74) is 5.36. The van der Waals surface area contributed by atoms with Gasteiger partial charge in [-0.05, 0) is 56.0 Å². The standard InChI is InChI=1S/C22H25N3O2S/c1-13(2)27-20-11-8-14(12-18(20)25(3)4)21-23-24-22(28-21)17-7-5-6-16-15(17)9-10-19(16)26/h5-8,11-13,19,26H,9-10H2,1-4H3. The van der Waals surface area contributed by atoms with Crippen LogP contribution in [0.2, 0.25) is 0 Å². The second-order valence-corrected chi connectivity index (χ2v) is 8.56. The fourth-order valence-electron chi connectivity index (χ4n) is 3.64. The van der Waals surface area contributed by atoms with Crippen LogP contribution in [0.1, 0.15) is 37.5 Å². The largest absolute Gasteiger partial charge is 0.489 e. The third kappa shape index (κ3) is 3.50. The molecule has 0 aliphatic heterocycles. The minimum atomic E-state index is -0.363. The van der Waals surface area contributed by atoms with Crippen LogP contribution in [0.3, 0.4) is 0 Å². The Balaban J connectivity index is 1.70. The molecule has 4 rings (SSSR count). The number of hydrogen-bond donors (Lipinski definition) is 1. The number of aromatic nitrogens is 2. The van der Waals surface area contributed by atoms with Crippen molar-refractivity contribution in [2.45, 2.75) is 38.9 Å². The molecule has 1 N–H and O–H groups in total. The highest BCUT2D eigenvalue weighted by Crippen LogP contribution is 2.40. The van der Waals surface area contributed by atoms with E-state index < -0.39 is 0 Å². The number of rotatable bonds is 5. The molecule has 1 unspecified atom stereocenters. The third-order valence-electron chi connectivity index (χ3n) is 4.94. The van der Waals surface area contributed by atoms with Gasteiger partial charge in [0.25, 0.3) is 0 Å². The van der Waals surface area contributed by atoms with E-state index in [1.807, 2.05) is 52.2 Å². The Morgan fingerprint density at radius 3 is 2.68 bits per heavy atom. The van der Waals surface area contributed by atoms with Crippen LogP contribution in [0, 0.1) is 0 Å². The Bertz CT molecular complexity index is 997. The molecule has 1 heterocycles. The van der Waals surface area contributed by atoms with Crippen molar-refractivity contribution in [2.24, 2.45) is 0 Å². The quantitative estimate of drug-likeness (QED) is 0.678.